The number of aromatic nitrogens is 3. The van der Waals surface area contributed by atoms with Crippen LogP contribution in [0.25, 0.3) is 11.4 Å². The Bertz CT molecular complexity index is 1000. The number of rotatable bonds is 5. The predicted octanol–water partition coefficient (Wildman–Crippen LogP) is 2.48. The van der Waals surface area contributed by atoms with Gasteiger partial charge in [-0.15, -0.1) is 0 Å². The molecule has 2 heterocycles. The number of aromatic amines is 1. The second-order valence-corrected chi connectivity index (χ2v) is 5.62. The minimum absolute atomic E-state index is 0.0378. The van der Waals surface area contributed by atoms with Gasteiger partial charge in [-0.2, -0.15) is 10.2 Å². The van der Waals surface area contributed by atoms with E-state index in [-0.39, 0.29) is 11.4 Å². The van der Waals surface area contributed by atoms with E-state index in [0.717, 1.165) is 5.69 Å². The molecular formula is C17H16N6O3. The van der Waals surface area contributed by atoms with Crippen LogP contribution in [0, 0.1) is 10.1 Å². The normalized spacial score (nSPS) is 11.4. The third kappa shape index (κ3) is 3.51. The van der Waals surface area contributed by atoms with Gasteiger partial charge in [0.1, 0.15) is 11.4 Å². The second kappa shape index (κ2) is 7.01. The van der Waals surface area contributed by atoms with Gasteiger partial charge in [0, 0.05) is 30.9 Å². The summed E-state index contributed by atoms with van der Waals surface area (Å²) >= 11 is 0. The van der Waals surface area contributed by atoms with Crippen LogP contribution in [0.2, 0.25) is 0 Å². The molecule has 0 aliphatic heterocycles. The van der Waals surface area contributed by atoms with Crippen molar-refractivity contribution in [3.63, 3.8) is 0 Å². The number of nitro groups is 1. The summed E-state index contributed by atoms with van der Waals surface area (Å²) in [7, 11) is 1.89. The number of hydrogen-bond acceptors (Lipinski definition) is 5. The molecule has 3 rings (SSSR count). The Morgan fingerprint density at radius 2 is 2.12 bits per heavy atom. The highest BCUT2D eigenvalue weighted by atomic mass is 16.6. The Balaban J connectivity index is 1.73. The van der Waals surface area contributed by atoms with Gasteiger partial charge in [0.25, 0.3) is 11.6 Å². The van der Waals surface area contributed by atoms with E-state index in [1.165, 1.54) is 12.1 Å². The van der Waals surface area contributed by atoms with Crippen LogP contribution in [0.5, 0.6) is 0 Å². The number of nitrogens with zero attached hydrogens (tertiary/aromatic N) is 4. The standard InChI is InChI=1S/C17H16N6O3/c1-11(12-5-3-6-13(9-12)23(25)26)18-21-17(24)15-10-14(19-20-15)16-7-4-8-22(16)2/h3-10H,1-2H3,(H,19,20)(H,21,24)/b18-11+. The number of benzene rings is 1. The SMILES string of the molecule is C/C(=N\NC(=O)c1cc(-c2cccn2C)n[nH]1)c1cccc([N+](=O)[O-])c1. The Labute approximate surface area is 148 Å². The molecule has 0 atom stereocenters. The molecule has 1 aromatic carbocycles. The molecule has 3 aromatic rings. The lowest BCUT2D eigenvalue weighted by atomic mass is 10.1. The van der Waals surface area contributed by atoms with Gasteiger partial charge in [-0.1, -0.05) is 12.1 Å². The number of carbonyl (C=O) groups excluding carboxylic acids is 1. The Morgan fingerprint density at radius 1 is 1.31 bits per heavy atom. The maximum absolute atomic E-state index is 12.2. The molecule has 0 fully saturated rings. The van der Waals surface area contributed by atoms with Gasteiger partial charge < -0.3 is 4.57 Å². The van der Waals surface area contributed by atoms with E-state index in [2.05, 4.69) is 20.7 Å². The van der Waals surface area contributed by atoms with E-state index in [1.54, 1.807) is 25.1 Å². The number of non-ortho nitro benzene ring substituents is 1. The molecule has 0 aliphatic rings. The van der Waals surface area contributed by atoms with Gasteiger partial charge in [0.2, 0.25) is 0 Å². The average Bonchev–Trinajstić information content (AvgIpc) is 3.28. The summed E-state index contributed by atoms with van der Waals surface area (Å²) in [5.74, 6) is -0.456. The van der Waals surface area contributed by atoms with Crippen LogP contribution in [-0.4, -0.2) is 31.3 Å². The fraction of sp³-hybridized carbons (Fsp3) is 0.118. The number of hydrogen-bond donors (Lipinski definition) is 2. The van der Waals surface area contributed by atoms with E-state index < -0.39 is 10.8 Å². The molecule has 0 spiro atoms. The van der Waals surface area contributed by atoms with Gasteiger partial charge in [-0.25, -0.2) is 5.43 Å². The fourth-order valence-corrected chi connectivity index (χ4v) is 2.40. The third-order valence-electron chi connectivity index (χ3n) is 3.83. The molecule has 0 aliphatic carbocycles. The minimum atomic E-state index is -0.481. The highest BCUT2D eigenvalue weighted by Gasteiger charge is 2.13. The first kappa shape index (κ1) is 17.1. The molecule has 0 unspecified atom stereocenters. The molecule has 0 saturated carbocycles. The summed E-state index contributed by atoms with van der Waals surface area (Å²) in [4.78, 5) is 22.6. The van der Waals surface area contributed by atoms with Crippen LogP contribution >= 0.6 is 0 Å². The highest BCUT2D eigenvalue weighted by molar-refractivity contribution is 6.01. The molecule has 26 heavy (non-hydrogen) atoms. The zero-order valence-electron chi connectivity index (χ0n) is 14.1. The molecule has 2 N–H and O–H groups in total. The first-order valence-electron chi connectivity index (χ1n) is 7.72. The van der Waals surface area contributed by atoms with Crippen molar-refractivity contribution in [2.75, 3.05) is 0 Å². The molecular weight excluding hydrogens is 336 g/mol. The van der Waals surface area contributed by atoms with E-state index in [9.17, 15) is 14.9 Å². The zero-order valence-corrected chi connectivity index (χ0v) is 14.1. The summed E-state index contributed by atoms with van der Waals surface area (Å²) in [5.41, 5.74) is 5.15. The van der Waals surface area contributed by atoms with Gasteiger partial charge in [-0.3, -0.25) is 20.0 Å². The summed E-state index contributed by atoms with van der Waals surface area (Å²) in [6.07, 6.45) is 1.89. The fourth-order valence-electron chi connectivity index (χ4n) is 2.40. The lowest BCUT2D eigenvalue weighted by molar-refractivity contribution is -0.384. The van der Waals surface area contributed by atoms with Crippen molar-refractivity contribution in [1.82, 2.24) is 20.2 Å². The van der Waals surface area contributed by atoms with Gasteiger partial charge in [-0.05, 0) is 25.1 Å². The number of hydrazone groups is 1. The number of aryl methyl sites for hydroxylation is 1. The second-order valence-electron chi connectivity index (χ2n) is 5.62. The van der Waals surface area contributed by atoms with Crippen LogP contribution < -0.4 is 5.43 Å². The molecule has 1 amide bonds. The van der Waals surface area contributed by atoms with E-state index in [4.69, 9.17) is 0 Å². The molecule has 0 saturated heterocycles. The van der Waals surface area contributed by atoms with Crippen LogP contribution in [-0.2, 0) is 7.05 Å². The first-order valence-corrected chi connectivity index (χ1v) is 7.72. The molecule has 9 nitrogen and oxygen atoms in total. The zero-order chi connectivity index (χ0) is 18.7. The predicted molar refractivity (Wildman–Crippen MR) is 95.8 cm³/mol. The summed E-state index contributed by atoms with van der Waals surface area (Å²) in [6, 6.07) is 11.4. The lowest BCUT2D eigenvalue weighted by Gasteiger charge is -2.02. The molecule has 132 valence electrons. The van der Waals surface area contributed by atoms with Crippen molar-refractivity contribution in [1.29, 1.82) is 0 Å². The number of nitrogens with one attached hydrogen (secondary N) is 2. The van der Waals surface area contributed by atoms with Crippen molar-refractivity contribution in [2.24, 2.45) is 12.1 Å². The molecule has 0 radical (unpaired) electrons. The lowest BCUT2D eigenvalue weighted by Crippen LogP contribution is -2.19. The number of nitro benzene ring substituents is 1. The van der Waals surface area contributed by atoms with Crippen molar-refractivity contribution in [3.8, 4) is 11.4 Å². The maximum Gasteiger partial charge on any atom is 0.289 e. The van der Waals surface area contributed by atoms with Crippen LogP contribution in [0.3, 0.4) is 0 Å². The smallest absolute Gasteiger partial charge is 0.289 e. The quantitative estimate of drug-likeness (QED) is 0.416. The van der Waals surface area contributed by atoms with E-state index in [1.807, 2.05) is 29.9 Å². The third-order valence-corrected chi connectivity index (χ3v) is 3.83. The van der Waals surface area contributed by atoms with Crippen LogP contribution in [0.1, 0.15) is 23.0 Å². The van der Waals surface area contributed by atoms with E-state index >= 15 is 0 Å². The Morgan fingerprint density at radius 3 is 2.81 bits per heavy atom. The van der Waals surface area contributed by atoms with Crippen LogP contribution in [0.15, 0.2) is 53.8 Å². The maximum atomic E-state index is 12.2. The van der Waals surface area contributed by atoms with Crippen molar-refractivity contribution >= 4 is 17.3 Å². The number of amides is 1. The van der Waals surface area contributed by atoms with Gasteiger partial charge in [0.05, 0.1) is 16.3 Å². The van der Waals surface area contributed by atoms with Crippen molar-refractivity contribution in [3.05, 3.63) is 70.0 Å². The molecule has 9 heteroatoms. The number of H-pyrrole nitrogens is 1. The van der Waals surface area contributed by atoms with Crippen LogP contribution in [0.4, 0.5) is 5.69 Å². The number of carbonyl (C=O) groups is 1. The molecule has 2 aromatic heterocycles. The Hall–Kier alpha value is -3.75. The van der Waals surface area contributed by atoms with Gasteiger partial charge >= 0.3 is 0 Å². The average molecular weight is 352 g/mol. The summed E-state index contributed by atoms with van der Waals surface area (Å²) in [6.45, 7) is 1.65. The topological polar surface area (TPSA) is 118 Å². The van der Waals surface area contributed by atoms with Crippen molar-refractivity contribution in [2.45, 2.75) is 6.92 Å². The minimum Gasteiger partial charge on any atom is -0.349 e. The van der Waals surface area contributed by atoms with E-state index in [0.29, 0.717) is 17.0 Å². The van der Waals surface area contributed by atoms with Crippen molar-refractivity contribution < 1.29 is 9.72 Å². The van der Waals surface area contributed by atoms with Gasteiger partial charge in [0.15, 0.2) is 0 Å². The Kier molecular flexibility index (Phi) is 4.61. The molecule has 0 bridgehead atoms. The summed E-state index contributed by atoms with van der Waals surface area (Å²) in [5, 5.41) is 21.6. The first-order chi connectivity index (χ1) is 12.5. The highest BCUT2D eigenvalue weighted by Crippen LogP contribution is 2.17. The summed E-state index contributed by atoms with van der Waals surface area (Å²) < 4.78 is 1.89. The largest absolute Gasteiger partial charge is 0.349 e. The monoisotopic (exact) mass is 352 g/mol.